The van der Waals surface area contributed by atoms with Crippen LogP contribution >= 0.6 is 11.3 Å². The van der Waals surface area contributed by atoms with E-state index >= 15 is 0 Å². The van der Waals surface area contributed by atoms with Crippen LogP contribution < -0.4 is 15.5 Å². The highest BCUT2D eigenvalue weighted by Gasteiger charge is 2.35. The van der Waals surface area contributed by atoms with E-state index < -0.39 is 36.1 Å². The number of hydrogen-bond acceptors (Lipinski definition) is 5. The smallest absolute Gasteiger partial charge is 0.261 e. The molecule has 1 aliphatic rings. The zero-order valence-corrected chi connectivity index (χ0v) is 19.3. The number of nitrogens with one attached hydrogen (secondary N) is 2. The molecule has 2 N–H and O–H groups in total. The first-order chi connectivity index (χ1) is 16.5. The number of thiophene rings is 1. The van der Waals surface area contributed by atoms with Crippen molar-refractivity contribution in [3.63, 3.8) is 0 Å². The topological polar surface area (TPSA) is 91.4 Å². The Bertz CT molecular complexity index is 1130. The Morgan fingerprint density at radius 2 is 1.88 bits per heavy atom. The summed E-state index contributed by atoms with van der Waals surface area (Å²) >= 11 is 1.25. The van der Waals surface area contributed by atoms with E-state index in [1.54, 1.807) is 41.9 Å². The number of anilines is 1. The molecule has 3 amide bonds. The van der Waals surface area contributed by atoms with Gasteiger partial charge in [0.2, 0.25) is 11.8 Å². The SMILES string of the molecule is O=C(NCC(=O)N(c1ccccc1F)C(C(=O)NC1CCCC1)c1cccnc1)c1cccs1. The average molecular weight is 481 g/mol. The van der Waals surface area contributed by atoms with Crippen molar-refractivity contribution < 1.29 is 18.8 Å². The molecule has 0 spiro atoms. The molecule has 4 rings (SSSR count). The van der Waals surface area contributed by atoms with Gasteiger partial charge in [-0.3, -0.25) is 24.3 Å². The second-order valence-electron chi connectivity index (χ2n) is 8.05. The van der Waals surface area contributed by atoms with Crippen molar-refractivity contribution in [2.45, 2.75) is 37.8 Å². The number of nitrogens with zero attached hydrogens (tertiary/aromatic N) is 2. The molecular formula is C25H25FN4O3S. The van der Waals surface area contributed by atoms with Crippen LogP contribution in [0.15, 0.2) is 66.3 Å². The van der Waals surface area contributed by atoms with E-state index in [9.17, 15) is 18.8 Å². The Morgan fingerprint density at radius 1 is 1.09 bits per heavy atom. The van der Waals surface area contributed by atoms with Gasteiger partial charge in [-0.25, -0.2) is 4.39 Å². The van der Waals surface area contributed by atoms with Crippen molar-refractivity contribution in [2.75, 3.05) is 11.4 Å². The lowest BCUT2D eigenvalue weighted by Gasteiger charge is -2.32. The Labute approximate surface area is 201 Å². The molecule has 2 aromatic heterocycles. The molecule has 0 saturated heterocycles. The number of carbonyl (C=O) groups is 3. The molecule has 1 fully saturated rings. The number of rotatable bonds is 8. The number of carbonyl (C=O) groups excluding carboxylic acids is 3. The van der Waals surface area contributed by atoms with Crippen LogP contribution in [-0.2, 0) is 9.59 Å². The molecule has 3 aromatic rings. The van der Waals surface area contributed by atoms with Crippen LogP contribution in [0, 0.1) is 5.82 Å². The van der Waals surface area contributed by atoms with Gasteiger partial charge in [-0.05, 0) is 42.5 Å². The van der Waals surface area contributed by atoms with Crippen molar-refractivity contribution in [3.8, 4) is 0 Å². The fraction of sp³-hybridized carbons (Fsp3) is 0.280. The minimum atomic E-state index is -1.16. The van der Waals surface area contributed by atoms with Crippen LogP contribution in [0.2, 0.25) is 0 Å². The summed E-state index contributed by atoms with van der Waals surface area (Å²) in [6.07, 6.45) is 6.81. The third-order valence-corrected chi connectivity index (χ3v) is 6.60. The summed E-state index contributed by atoms with van der Waals surface area (Å²) in [5.41, 5.74) is 0.396. The number of halogens is 1. The molecule has 9 heteroatoms. The quantitative estimate of drug-likeness (QED) is 0.512. The third-order valence-electron chi connectivity index (χ3n) is 5.73. The monoisotopic (exact) mass is 480 g/mol. The Balaban J connectivity index is 1.67. The first kappa shape index (κ1) is 23.6. The highest BCUT2D eigenvalue weighted by Crippen LogP contribution is 2.30. The predicted molar refractivity (Wildman–Crippen MR) is 128 cm³/mol. The van der Waals surface area contributed by atoms with Gasteiger partial charge in [0.25, 0.3) is 5.91 Å². The molecule has 1 aromatic carbocycles. The lowest BCUT2D eigenvalue weighted by molar-refractivity contribution is -0.126. The number of benzene rings is 1. The lowest BCUT2D eigenvalue weighted by atomic mass is 10.0. The summed E-state index contributed by atoms with van der Waals surface area (Å²) in [7, 11) is 0. The van der Waals surface area contributed by atoms with Crippen molar-refractivity contribution in [3.05, 3.63) is 82.6 Å². The first-order valence-electron chi connectivity index (χ1n) is 11.1. The molecular weight excluding hydrogens is 455 g/mol. The second kappa shape index (κ2) is 11.0. The predicted octanol–water partition coefficient (Wildman–Crippen LogP) is 3.85. The lowest BCUT2D eigenvalue weighted by Crippen LogP contribution is -2.49. The summed E-state index contributed by atoms with van der Waals surface area (Å²) in [5.74, 6) is -2.10. The van der Waals surface area contributed by atoms with E-state index in [0.29, 0.717) is 10.4 Å². The molecule has 1 aliphatic carbocycles. The molecule has 0 radical (unpaired) electrons. The molecule has 2 heterocycles. The molecule has 1 atom stereocenters. The fourth-order valence-corrected chi connectivity index (χ4v) is 4.75. The molecule has 176 valence electrons. The number of hydrogen-bond donors (Lipinski definition) is 2. The van der Waals surface area contributed by atoms with Crippen LogP contribution in [0.3, 0.4) is 0 Å². The minimum Gasteiger partial charge on any atom is -0.351 e. The molecule has 0 bridgehead atoms. The zero-order valence-electron chi connectivity index (χ0n) is 18.4. The van der Waals surface area contributed by atoms with Gasteiger partial charge < -0.3 is 10.6 Å². The number of aromatic nitrogens is 1. The zero-order chi connectivity index (χ0) is 23.9. The molecule has 7 nitrogen and oxygen atoms in total. The van der Waals surface area contributed by atoms with Gasteiger partial charge in [-0.15, -0.1) is 11.3 Å². The van der Waals surface area contributed by atoms with Gasteiger partial charge in [0.05, 0.1) is 17.1 Å². The van der Waals surface area contributed by atoms with Crippen LogP contribution in [0.5, 0.6) is 0 Å². The van der Waals surface area contributed by atoms with E-state index in [1.165, 1.54) is 35.7 Å². The maximum atomic E-state index is 14.9. The third kappa shape index (κ3) is 5.48. The van der Waals surface area contributed by atoms with E-state index in [1.807, 2.05) is 0 Å². The Hall–Kier alpha value is -3.59. The number of para-hydroxylation sites is 1. The second-order valence-corrected chi connectivity index (χ2v) is 9.00. The summed E-state index contributed by atoms with van der Waals surface area (Å²) in [4.78, 5) is 45.1. The van der Waals surface area contributed by atoms with Crippen LogP contribution in [0.25, 0.3) is 0 Å². The van der Waals surface area contributed by atoms with E-state index in [2.05, 4.69) is 15.6 Å². The first-order valence-corrected chi connectivity index (χ1v) is 12.0. The van der Waals surface area contributed by atoms with Gasteiger partial charge in [0.15, 0.2) is 0 Å². The molecule has 1 unspecified atom stereocenters. The maximum Gasteiger partial charge on any atom is 0.261 e. The molecule has 1 saturated carbocycles. The Kier molecular flexibility index (Phi) is 7.64. The van der Waals surface area contributed by atoms with E-state index in [4.69, 9.17) is 0 Å². The van der Waals surface area contributed by atoms with Gasteiger partial charge in [-0.2, -0.15) is 0 Å². The van der Waals surface area contributed by atoms with Gasteiger partial charge in [0.1, 0.15) is 11.9 Å². The average Bonchev–Trinajstić information content (AvgIpc) is 3.56. The molecule has 34 heavy (non-hydrogen) atoms. The highest BCUT2D eigenvalue weighted by molar-refractivity contribution is 7.12. The van der Waals surface area contributed by atoms with Crippen LogP contribution in [-0.4, -0.2) is 35.3 Å². The van der Waals surface area contributed by atoms with Crippen molar-refractivity contribution in [1.29, 1.82) is 0 Å². The fourth-order valence-electron chi connectivity index (χ4n) is 4.11. The van der Waals surface area contributed by atoms with Crippen LogP contribution in [0.1, 0.15) is 47.0 Å². The van der Waals surface area contributed by atoms with Crippen molar-refractivity contribution in [2.24, 2.45) is 0 Å². The Morgan fingerprint density at radius 3 is 2.56 bits per heavy atom. The van der Waals surface area contributed by atoms with Crippen LogP contribution in [0.4, 0.5) is 10.1 Å². The molecule has 0 aliphatic heterocycles. The number of pyridine rings is 1. The maximum absolute atomic E-state index is 14.9. The summed E-state index contributed by atoms with van der Waals surface area (Å²) in [6.45, 7) is -0.404. The standard InChI is InChI=1S/C25H25FN4O3S/c26-19-10-3-4-11-20(19)30(22(31)16-28-24(32)21-12-6-14-34-21)23(17-7-5-13-27-15-17)25(33)29-18-8-1-2-9-18/h3-7,10-15,18,23H,1-2,8-9,16H2,(H,28,32)(H,29,33). The van der Waals surface area contributed by atoms with Gasteiger partial charge in [-0.1, -0.05) is 37.1 Å². The normalized spacial score (nSPS) is 14.4. The summed E-state index contributed by atoms with van der Waals surface area (Å²) in [6, 6.07) is 11.3. The van der Waals surface area contributed by atoms with Crippen molar-refractivity contribution >= 4 is 34.7 Å². The minimum absolute atomic E-state index is 0.00257. The van der Waals surface area contributed by atoms with Crippen molar-refractivity contribution in [1.82, 2.24) is 15.6 Å². The summed E-state index contributed by atoms with van der Waals surface area (Å²) < 4.78 is 14.9. The van der Waals surface area contributed by atoms with E-state index in [-0.39, 0.29) is 11.7 Å². The van der Waals surface area contributed by atoms with E-state index in [0.717, 1.165) is 30.6 Å². The number of amides is 3. The van der Waals surface area contributed by atoms with Gasteiger partial charge >= 0.3 is 0 Å². The largest absolute Gasteiger partial charge is 0.351 e. The highest BCUT2D eigenvalue weighted by atomic mass is 32.1. The summed E-state index contributed by atoms with van der Waals surface area (Å²) in [5, 5.41) is 7.36. The van der Waals surface area contributed by atoms with Gasteiger partial charge in [0, 0.05) is 24.0 Å².